The number of benzene rings is 1. The zero-order valence-electron chi connectivity index (χ0n) is 6.67. The largest absolute Gasteiger partial charge is 0.376 e. The van der Waals surface area contributed by atoms with Crippen LogP contribution >= 0.6 is 12.2 Å². The molecule has 0 radical (unpaired) electrons. The Kier molecular flexibility index (Phi) is 2.83. The molecule has 0 saturated carbocycles. The maximum atomic E-state index is 12.7. The average Bonchev–Trinajstić information content (AvgIpc) is 2.07. The lowest BCUT2D eigenvalue weighted by Crippen LogP contribution is -2.19. The number of nitrogens with one attached hydrogen (secondary N) is 1. The SMILES string of the molecule is C#Cc1cc(F)ccc1NC(N)=S. The van der Waals surface area contributed by atoms with Gasteiger partial charge in [-0.3, -0.25) is 0 Å². The minimum atomic E-state index is -0.388. The van der Waals surface area contributed by atoms with Crippen LogP contribution in [-0.4, -0.2) is 5.11 Å². The van der Waals surface area contributed by atoms with Gasteiger partial charge in [0.2, 0.25) is 0 Å². The molecule has 1 rings (SSSR count). The van der Waals surface area contributed by atoms with Crippen LogP contribution < -0.4 is 11.1 Å². The maximum Gasteiger partial charge on any atom is 0.168 e. The van der Waals surface area contributed by atoms with Crippen molar-refractivity contribution >= 4 is 23.0 Å². The Balaban J connectivity index is 3.08. The number of hydrogen-bond acceptors (Lipinski definition) is 1. The second-order valence-electron chi connectivity index (χ2n) is 2.32. The van der Waals surface area contributed by atoms with Crippen molar-refractivity contribution in [1.29, 1.82) is 0 Å². The van der Waals surface area contributed by atoms with Gasteiger partial charge in [0, 0.05) is 0 Å². The molecule has 0 amide bonds. The molecule has 2 nitrogen and oxygen atoms in total. The van der Waals surface area contributed by atoms with Crippen LogP contribution in [0.3, 0.4) is 0 Å². The van der Waals surface area contributed by atoms with Crippen molar-refractivity contribution in [3.8, 4) is 12.3 Å². The molecule has 0 aromatic heterocycles. The zero-order valence-corrected chi connectivity index (χ0v) is 7.49. The topological polar surface area (TPSA) is 38.0 Å². The van der Waals surface area contributed by atoms with E-state index in [-0.39, 0.29) is 10.9 Å². The van der Waals surface area contributed by atoms with E-state index in [2.05, 4.69) is 23.5 Å². The van der Waals surface area contributed by atoms with Gasteiger partial charge in [-0.25, -0.2) is 4.39 Å². The van der Waals surface area contributed by atoms with E-state index >= 15 is 0 Å². The summed E-state index contributed by atoms with van der Waals surface area (Å²) < 4.78 is 12.7. The van der Waals surface area contributed by atoms with Crippen molar-refractivity contribution < 1.29 is 4.39 Å². The van der Waals surface area contributed by atoms with Crippen LogP contribution in [0.2, 0.25) is 0 Å². The van der Waals surface area contributed by atoms with E-state index in [4.69, 9.17) is 12.2 Å². The van der Waals surface area contributed by atoms with E-state index in [1.165, 1.54) is 18.2 Å². The van der Waals surface area contributed by atoms with Crippen LogP contribution in [0.5, 0.6) is 0 Å². The van der Waals surface area contributed by atoms with Crippen LogP contribution in [0.4, 0.5) is 10.1 Å². The fourth-order valence-corrected chi connectivity index (χ4v) is 0.988. The summed E-state index contributed by atoms with van der Waals surface area (Å²) in [7, 11) is 0. The van der Waals surface area contributed by atoms with Gasteiger partial charge in [-0.15, -0.1) is 6.42 Å². The molecule has 0 aliphatic rings. The summed E-state index contributed by atoms with van der Waals surface area (Å²) >= 11 is 4.62. The molecule has 13 heavy (non-hydrogen) atoms. The summed E-state index contributed by atoms with van der Waals surface area (Å²) in [5, 5.41) is 2.75. The van der Waals surface area contributed by atoms with E-state index in [1.54, 1.807) is 0 Å². The first kappa shape index (κ1) is 9.49. The molecule has 1 aromatic carbocycles. The fourth-order valence-electron chi connectivity index (χ4n) is 0.878. The number of rotatable bonds is 1. The number of anilines is 1. The van der Waals surface area contributed by atoms with Gasteiger partial charge in [0.15, 0.2) is 5.11 Å². The molecule has 0 atom stereocenters. The second-order valence-corrected chi connectivity index (χ2v) is 2.76. The van der Waals surface area contributed by atoms with Crippen molar-refractivity contribution in [2.75, 3.05) is 5.32 Å². The first-order valence-corrected chi connectivity index (χ1v) is 3.87. The Labute approximate surface area is 80.9 Å². The number of thiocarbonyl (C=S) groups is 1. The Bertz CT molecular complexity index is 382. The molecular formula is C9H7FN2S. The minimum Gasteiger partial charge on any atom is -0.376 e. The van der Waals surface area contributed by atoms with Gasteiger partial charge in [0.05, 0.1) is 11.3 Å². The monoisotopic (exact) mass is 194 g/mol. The number of terminal acetylenes is 1. The molecule has 4 heteroatoms. The summed E-state index contributed by atoms with van der Waals surface area (Å²) in [5.41, 5.74) is 6.18. The molecular weight excluding hydrogens is 187 g/mol. The van der Waals surface area contributed by atoms with Gasteiger partial charge in [-0.05, 0) is 30.4 Å². The van der Waals surface area contributed by atoms with Gasteiger partial charge >= 0.3 is 0 Å². The van der Waals surface area contributed by atoms with Gasteiger partial charge in [-0.1, -0.05) is 5.92 Å². The summed E-state index contributed by atoms with van der Waals surface area (Å²) in [5.74, 6) is 1.94. The van der Waals surface area contributed by atoms with Crippen LogP contribution in [0, 0.1) is 18.2 Å². The number of halogens is 1. The van der Waals surface area contributed by atoms with Crippen molar-refractivity contribution in [2.24, 2.45) is 5.73 Å². The summed E-state index contributed by atoms with van der Waals surface area (Å²) in [4.78, 5) is 0. The molecule has 0 unspecified atom stereocenters. The third-order valence-corrected chi connectivity index (χ3v) is 1.50. The van der Waals surface area contributed by atoms with Crippen molar-refractivity contribution in [2.45, 2.75) is 0 Å². The van der Waals surface area contributed by atoms with Crippen LogP contribution in [0.15, 0.2) is 18.2 Å². The zero-order chi connectivity index (χ0) is 9.84. The average molecular weight is 194 g/mol. The van der Waals surface area contributed by atoms with Crippen LogP contribution in [0.1, 0.15) is 5.56 Å². The van der Waals surface area contributed by atoms with Crippen molar-refractivity contribution in [3.63, 3.8) is 0 Å². The molecule has 0 fully saturated rings. The van der Waals surface area contributed by atoms with Gasteiger partial charge in [0.1, 0.15) is 5.82 Å². The standard InChI is InChI=1S/C9H7FN2S/c1-2-6-5-7(10)3-4-8(6)12-9(11)13/h1,3-5H,(H3,11,12,13). The predicted molar refractivity (Wildman–Crippen MR) is 54.7 cm³/mol. The second kappa shape index (κ2) is 3.87. The third kappa shape index (κ3) is 2.42. The molecule has 1 aromatic rings. The van der Waals surface area contributed by atoms with E-state index in [1.807, 2.05) is 0 Å². The molecule has 0 aliphatic carbocycles. The predicted octanol–water partition coefficient (Wildman–Crippen LogP) is 1.46. The summed E-state index contributed by atoms with van der Waals surface area (Å²) in [6, 6.07) is 4.01. The maximum absolute atomic E-state index is 12.7. The Hall–Kier alpha value is -1.60. The van der Waals surface area contributed by atoms with E-state index < -0.39 is 0 Å². The highest BCUT2D eigenvalue weighted by Gasteiger charge is 2.01. The molecule has 3 N–H and O–H groups in total. The lowest BCUT2D eigenvalue weighted by Gasteiger charge is -2.05. The number of hydrogen-bond donors (Lipinski definition) is 2. The number of nitrogens with two attached hydrogens (primary N) is 1. The molecule has 0 heterocycles. The summed E-state index contributed by atoms with van der Waals surface area (Å²) in [6.07, 6.45) is 5.15. The molecule has 0 saturated heterocycles. The van der Waals surface area contributed by atoms with Crippen LogP contribution in [-0.2, 0) is 0 Å². The van der Waals surface area contributed by atoms with Crippen LogP contribution in [0.25, 0.3) is 0 Å². The van der Waals surface area contributed by atoms with Gasteiger partial charge in [-0.2, -0.15) is 0 Å². The van der Waals surface area contributed by atoms with E-state index in [9.17, 15) is 4.39 Å². The smallest absolute Gasteiger partial charge is 0.168 e. The molecule has 66 valence electrons. The van der Waals surface area contributed by atoms with Gasteiger partial charge in [0.25, 0.3) is 0 Å². The highest BCUT2D eigenvalue weighted by atomic mass is 32.1. The normalized spacial score (nSPS) is 8.92. The molecule has 0 spiro atoms. The molecule has 0 bridgehead atoms. The Morgan fingerprint density at radius 2 is 2.31 bits per heavy atom. The van der Waals surface area contributed by atoms with E-state index in [0.717, 1.165) is 0 Å². The summed E-state index contributed by atoms with van der Waals surface area (Å²) in [6.45, 7) is 0. The Morgan fingerprint density at radius 1 is 1.62 bits per heavy atom. The first-order valence-electron chi connectivity index (χ1n) is 3.46. The highest BCUT2D eigenvalue weighted by Crippen LogP contribution is 2.15. The van der Waals surface area contributed by atoms with Crippen molar-refractivity contribution in [1.82, 2.24) is 0 Å². The minimum absolute atomic E-state index is 0.100. The van der Waals surface area contributed by atoms with E-state index in [0.29, 0.717) is 11.3 Å². The fraction of sp³-hybridized carbons (Fsp3) is 0. The quantitative estimate of drug-likeness (QED) is 0.525. The van der Waals surface area contributed by atoms with Gasteiger partial charge < -0.3 is 11.1 Å². The Morgan fingerprint density at radius 3 is 2.85 bits per heavy atom. The lowest BCUT2D eigenvalue weighted by molar-refractivity contribution is 0.627. The third-order valence-electron chi connectivity index (χ3n) is 1.39. The van der Waals surface area contributed by atoms with Crippen molar-refractivity contribution in [3.05, 3.63) is 29.6 Å². The highest BCUT2D eigenvalue weighted by molar-refractivity contribution is 7.80. The molecule has 0 aliphatic heterocycles. The first-order chi connectivity index (χ1) is 6.13. The lowest BCUT2D eigenvalue weighted by atomic mass is 10.2.